The van der Waals surface area contributed by atoms with E-state index in [0.717, 1.165) is 25.6 Å². The normalized spacial score (nSPS) is 20.5. The van der Waals surface area contributed by atoms with E-state index in [9.17, 15) is 19.5 Å². The molecule has 2 aromatic rings. The molecule has 174 valence electrons. The first-order valence-corrected chi connectivity index (χ1v) is 14.5. The Kier molecular flexibility index (Phi) is 7.55. The summed E-state index contributed by atoms with van der Waals surface area (Å²) in [6.07, 6.45) is 1.90. The van der Waals surface area contributed by atoms with Crippen molar-refractivity contribution in [2.45, 2.75) is 20.1 Å². The number of anilines is 1. The number of hydrogen-bond acceptors (Lipinski definition) is 12. The van der Waals surface area contributed by atoms with Crippen molar-refractivity contribution in [1.82, 2.24) is 25.4 Å². The average Bonchev–Trinajstić information content (AvgIpc) is 3.44. The van der Waals surface area contributed by atoms with Gasteiger partial charge in [-0.3, -0.25) is 14.5 Å². The predicted octanol–water partition coefficient (Wildman–Crippen LogP) is 2.41. The standard InChI is InChI=1S/C17H15ClN6O4S5/c1-29-16-22-23-17(33-16)32-4-6-3-30-13-9(12(26)24(13)10(6)14(27)28)21-11(25)7(2-18)8-5-31-15(19)20-8/h2,5,9,13H,3-4H2,1H3,(H2,19,20)(H,21,25)(H,27,28)/t9?,13-/m0/s1. The van der Waals surface area contributed by atoms with Crippen LogP contribution in [0.25, 0.3) is 5.57 Å². The van der Waals surface area contributed by atoms with Gasteiger partial charge in [0, 0.05) is 22.4 Å². The zero-order valence-electron chi connectivity index (χ0n) is 16.7. The van der Waals surface area contributed by atoms with Crippen molar-refractivity contribution in [2.24, 2.45) is 0 Å². The number of nitrogen functional groups attached to an aromatic ring is 1. The van der Waals surface area contributed by atoms with Gasteiger partial charge < -0.3 is 16.2 Å². The van der Waals surface area contributed by atoms with Gasteiger partial charge in [0.05, 0.1) is 11.3 Å². The number of aromatic nitrogens is 3. The first-order valence-electron chi connectivity index (χ1n) is 9.07. The van der Waals surface area contributed by atoms with Crippen LogP contribution in [-0.4, -0.2) is 72.1 Å². The molecule has 0 aromatic carbocycles. The lowest BCUT2D eigenvalue weighted by Crippen LogP contribution is -2.70. The summed E-state index contributed by atoms with van der Waals surface area (Å²) in [5, 5.41) is 21.9. The first-order chi connectivity index (χ1) is 15.8. The highest BCUT2D eigenvalue weighted by Crippen LogP contribution is 2.42. The summed E-state index contributed by atoms with van der Waals surface area (Å²) >= 11 is 12.7. The van der Waals surface area contributed by atoms with Crippen molar-refractivity contribution in [3.05, 3.63) is 27.9 Å². The summed E-state index contributed by atoms with van der Waals surface area (Å²) in [5.41, 5.74) is 7.64. The van der Waals surface area contributed by atoms with Crippen LogP contribution < -0.4 is 11.1 Å². The molecule has 0 bridgehead atoms. The second kappa shape index (κ2) is 10.2. The highest BCUT2D eigenvalue weighted by atomic mass is 35.5. The van der Waals surface area contributed by atoms with Crippen molar-refractivity contribution in [3.63, 3.8) is 0 Å². The second-order valence-corrected chi connectivity index (χ2v) is 12.0. The number of carbonyl (C=O) groups is 3. The molecule has 2 amide bonds. The Balaban J connectivity index is 1.47. The van der Waals surface area contributed by atoms with E-state index in [1.165, 1.54) is 51.5 Å². The molecule has 0 saturated carbocycles. The number of halogens is 1. The number of thioether (sulfide) groups is 3. The van der Waals surface area contributed by atoms with Gasteiger partial charge in [0.15, 0.2) is 13.8 Å². The number of carbonyl (C=O) groups excluding carboxylic acids is 2. The minimum atomic E-state index is -1.18. The van der Waals surface area contributed by atoms with Gasteiger partial charge in [-0.05, 0) is 11.8 Å². The van der Waals surface area contributed by atoms with E-state index in [1.54, 1.807) is 5.38 Å². The number of β-lactam (4-membered cyclic amide) rings is 1. The minimum absolute atomic E-state index is 0.0447. The van der Waals surface area contributed by atoms with Crippen LogP contribution in [0.3, 0.4) is 0 Å². The molecule has 2 aliphatic heterocycles. The Hall–Kier alpha value is -1.78. The number of carboxylic acid groups (broad SMARTS) is 1. The Bertz CT molecular complexity index is 1180. The van der Waals surface area contributed by atoms with Crippen LogP contribution in [0.5, 0.6) is 0 Å². The molecular weight excluding hydrogens is 548 g/mol. The summed E-state index contributed by atoms with van der Waals surface area (Å²) in [6, 6.07) is -0.874. The van der Waals surface area contributed by atoms with E-state index >= 15 is 0 Å². The molecule has 0 spiro atoms. The van der Waals surface area contributed by atoms with Crippen molar-refractivity contribution >= 4 is 98.0 Å². The topological polar surface area (TPSA) is 151 Å². The van der Waals surface area contributed by atoms with Crippen LogP contribution in [0, 0.1) is 0 Å². The molecule has 0 aliphatic carbocycles. The van der Waals surface area contributed by atoms with Crippen LogP contribution in [0.4, 0.5) is 5.13 Å². The van der Waals surface area contributed by atoms with Gasteiger partial charge in [-0.2, -0.15) is 0 Å². The zero-order valence-corrected chi connectivity index (χ0v) is 21.5. The number of thiazole rings is 1. The van der Waals surface area contributed by atoms with Crippen molar-refractivity contribution in [1.29, 1.82) is 0 Å². The maximum Gasteiger partial charge on any atom is 0.352 e. The third kappa shape index (κ3) is 4.88. The second-order valence-electron chi connectivity index (χ2n) is 6.54. The Labute approximate surface area is 213 Å². The van der Waals surface area contributed by atoms with E-state index in [1.807, 2.05) is 6.26 Å². The fourth-order valence-electron chi connectivity index (χ4n) is 3.13. The van der Waals surface area contributed by atoms with Crippen LogP contribution in [-0.2, 0) is 14.4 Å². The van der Waals surface area contributed by atoms with Crippen molar-refractivity contribution in [3.8, 4) is 0 Å². The molecule has 2 atom stereocenters. The minimum Gasteiger partial charge on any atom is -0.477 e. The molecule has 33 heavy (non-hydrogen) atoms. The predicted molar refractivity (Wildman–Crippen MR) is 132 cm³/mol. The maximum atomic E-state index is 12.8. The number of nitrogens with two attached hydrogens (primary N) is 1. The lowest BCUT2D eigenvalue weighted by Gasteiger charge is -2.49. The molecule has 4 heterocycles. The van der Waals surface area contributed by atoms with Gasteiger partial charge in [-0.25, -0.2) is 9.78 Å². The fourth-order valence-corrected chi connectivity index (χ4v) is 7.83. The lowest BCUT2D eigenvalue weighted by atomic mass is 10.0. The summed E-state index contributed by atoms with van der Waals surface area (Å²) in [4.78, 5) is 42.8. The maximum absolute atomic E-state index is 12.8. The highest BCUT2D eigenvalue weighted by molar-refractivity contribution is 8.03. The molecule has 1 unspecified atom stereocenters. The third-order valence-electron chi connectivity index (χ3n) is 4.62. The Morgan fingerprint density at radius 3 is 2.79 bits per heavy atom. The Morgan fingerprint density at radius 2 is 2.18 bits per heavy atom. The van der Waals surface area contributed by atoms with Gasteiger partial charge in [0.25, 0.3) is 11.8 Å². The Morgan fingerprint density at radius 1 is 1.42 bits per heavy atom. The number of nitrogens with one attached hydrogen (secondary N) is 1. The van der Waals surface area contributed by atoms with Gasteiger partial charge in [-0.1, -0.05) is 46.5 Å². The molecule has 16 heteroatoms. The monoisotopic (exact) mass is 562 g/mol. The van der Waals surface area contributed by atoms with Crippen LogP contribution >= 0.6 is 69.6 Å². The highest BCUT2D eigenvalue weighted by Gasteiger charge is 2.54. The van der Waals surface area contributed by atoms with E-state index < -0.39 is 29.2 Å². The van der Waals surface area contributed by atoms with Crippen LogP contribution in [0.2, 0.25) is 0 Å². The van der Waals surface area contributed by atoms with Gasteiger partial charge in [0.2, 0.25) is 0 Å². The number of hydrogen-bond donors (Lipinski definition) is 3. The summed E-state index contributed by atoms with van der Waals surface area (Å²) in [5.74, 6) is -1.49. The van der Waals surface area contributed by atoms with Crippen LogP contribution in [0.15, 0.2) is 30.9 Å². The van der Waals surface area contributed by atoms with Gasteiger partial charge in [0.1, 0.15) is 17.1 Å². The SMILES string of the molecule is CSc1nnc(SCC2=C(C(=O)O)N3C(=O)C(NC(=O)C(=CCl)c4csc(N)n4)[C@@H]3SC2)s1. The number of fused-ring (bicyclic) bond motifs is 1. The number of carboxylic acids is 1. The van der Waals surface area contributed by atoms with E-state index in [2.05, 4.69) is 20.5 Å². The number of aliphatic carboxylic acids is 1. The van der Waals surface area contributed by atoms with Crippen molar-refractivity contribution < 1.29 is 19.5 Å². The van der Waals surface area contributed by atoms with Gasteiger partial charge >= 0.3 is 5.97 Å². The van der Waals surface area contributed by atoms with E-state index in [0.29, 0.717) is 22.8 Å². The quantitative estimate of drug-likeness (QED) is 0.247. The zero-order chi connectivity index (χ0) is 23.7. The summed E-state index contributed by atoms with van der Waals surface area (Å²) in [7, 11) is 0. The van der Waals surface area contributed by atoms with Crippen molar-refractivity contribution in [2.75, 3.05) is 23.5 Å². The van der Waals surface area contributed by atoms with E-state index in [-0.39, 0.29) is 16.4 Å². The smallest absolute Gasteiger partial charge is 0.352 e. The molecule has 4 N–H and O–H groups in total. The summed E-state index contributed by atoms with van der Waals surface area (Å²) < 4.78 is 1.55. The number of amides is 2. The molecule has 1 saturated heterocycles. The molecule has 2 aromatic heterocycles. The molecule has 0 radical (unpaired) electrons. The largest absolute Gasteiger partial charge is 0.477 e. The lowest BCUT2D eigenvalue weighted by molar-refractivity contribution is -0.150. The fraction of sp³-hybridized carbons (Fsp3) is 0.294. The molecular formula is C17H15ClN6O4S5. The number of rotatable bonds is 8. The average molecular weight is 563 g/mol. The third-order valence-corrected chi connectivity index (χ3v) is 9.97. The first kappa shape index (κ1) is 24.3. The molecule has 2 aliphatic rings. The van der Waals surface area contributed by atoms with Gasteiger partial charge in [-0.15, -0.1) is 33.3 Å². The molecule has 10 nitrogen and oxygen atoms in total. The molecule has 1 fully saturated rings. The van der Waals surface area contributed by atoms with E-state index in [4.69, 9.17) is 17.3 Å². The number of nitrogens with zero attached hydrogens (tertiary/aromatic N) is 4. The van der Waals surface area contributed by atoms with Crippen LogP contribution in [0.1, 0.15) is 5.69 Å². The molecule has 4 rings (SSSR count). The summed E-state index contributed by atoms with van der Waals surface area (Å²) in [6.45, 7) is 0.